The van der Waals surface area contributed by atoms with Crippen LogP contribution in [-0.2, 0) is 10.0 Å². The van der Waals surface area contributed by atoms with Gasteiger partial charge in [-0.1, -0.05) is 18.6 Å². The summed E-state index contributed by atoms with van der Waals surface area (Å²) >= 11 is 1.35. The van der Waals surface area contributed by atoms with Crippen molar-refractivity contribution < 1.29 is 13.2 Å². The van der Waals surface area contributed by atoms with E-state index in [1.54, 1.807) is 41.6 Å². The van der Waals surface area contributed by atoms with Crippen molar-refractivity contribution in [1.82, 2.24) is 4.31 Å². The van der Waals surface area contributed by atoms with Gasteiger partial charge in [-0.25, -0.2) is 8.42 Å². The number of benzene rings is 1. The molecule has 0 atom stereocenters. The van der Waals surface area contributed by atoms with Gasteiger partial charge in [-0.15, -0.1) is 11.3 Å². The maximum atomic E-state index is 12.9. The van der Waals surface area contributed by atoms with Crippen LogP contribution in [0, 0.1) is 6.92 Å². The molecule has 1 amide bonds. The number of carbonyl (C=O) groups excluding carboxylic acids is 1. The van der Waals surface area contributed by atoms with Crippen LogP contribution < -0.4 is 5.32 Å². The number of piperidine rings is 1. The fourth-order valence-corrected chi connectivity index (χ4v) is 5.19. The highest BCUT2D eigenvalue weighted by atomic mass is 32.2. The topological polar surface area (TPSA) is 66.5 Å². The minimum Gasteiger partial charge on any atom is -0.321 e. The van der Waals surface area contributed by atoms with Gasteiger partial charge in [0, 0.05) is 18.8 Å². The number of thiophene rings is 1. The van der Waals surface area contributed by atoms with Crippen molar-refractivity contribution >= 4 is 33.0 Å². The molecule has 7 heteroatoms. The van der Waals surface area contributed by atoms with Gasteiger partial charge in [0.1, 0.15) is 0 Å². The van der Waals surface area contributed by atoms with Gasteiger partial charge in [-0.3, -0.25) is 4.79 Å². The van der Waals surface area contributed by atoms with Crippen LogP contribution in [0.5, 0.6) is 0 Å². The van der Waals surface area contributed by atoms with E-state index in [1.165, 1.54) is 11.3 Å². The van der Waals surface area contributed by atoms with E-state index in [-0.39, 0.29) is 10.8 Å². The monoisotopic (exact) mass is 364 g/mol. The Hall–Kier alpha value is -1.70. The first-order valence-corrected chi connectivity index (χ1v) is 10.3. The molecule has 2 heterocycles. The van der Waals surface area contributed by atoms with Crippen LogP contribution in [0.4, 0.5) is 5.69 Å². The van der Waals surface area contributed by atoms with Crippen molar-refractivity contribution in [1.29, 1.82) is 0 Å². The van der Waals surface area contributed by atoms with Gasteiger partial charge in [0.05, 0.1) is 9.77 Å². The van der Waals surface area contributed by atoms with Crippen molar-refractivity contribution in [2.24, 2.45) is 0 Å². The van der Waals surface area contributed by atoms with E-state index in [1.807, 2.05) is 5.38 Å². The summed E-state index contributed by atoms with van der Waals surface area (Å²) in [5, 5.41) is 4.61. The Morgan fingerprint density at radius 1 is 1.17 bits per heavy atom. The zero-order valence-corrected chi connectivity index (χ0v) is 15.1. The number of nitrogens with one attached hydrogen (secondary N) is 1. The highest BCUT2D eigenvalue weighted by Gasteiger charge is 2.27. The van der Waals surface area contributed by atoms with Crippen molar-refractivity contribution in [3.8, 4) is 0 Å². The maximum absolute atomic E-state index is 12.9. The number of hydrogen-bond acceptors (Lipinski definition) is 4. The van der Waals surface area contributed by atoms with Crippen LogP contribution in [-0.4, -0.2) is 31.7 Å². The molecule has 24 heavy (non-hydrogen) atoms. The van der Waals surface area contributed by atoms with Gasteiger partial charge >= 0.3 is 0 Å². The Morgan fingerprint density at radius 2 is 1.92 bits per heavy atom. The largest absolute Gasteiger partial charge is 0.321 e. The molecule has 0 saturated carbocycles. The van der Waals surface area contributed by atoms with Gasteiger partial charge in [-0.05, 0) is 48.9 Å². The number of anilines is 1. The molecule has 0 radical (unpaired) electrons. The van der Waals surface area contributed by atoms with Crippen molar-refractivity contribution in [3.63, 3.8) is 0 Å². The molecular formula is C17H20N2O3S2. The number of aryl methyl sites for hydroxylation is 1. The van der Waals surface area contributed by atoms with Crippen molar-refractivity contribution in [3.05, 3.63) is 46.2 Å². The minimum atomic E-state index is -3.52. The Kier molecular flexibility index (Phi) is 5.03. The molecule has 0 bridgehead atoms. The quantitative estimate of drug-likeness (QED) is 0.903. The minimum absolute atomic E-state index is 0.227. The standard InChI is InChI=1S/C17H20N2O3S2/c1-13-7-8-14(18-17(20)15-6-5-11-23-15)12-16(13)24(21,22)19-9-3-2-4-10-19/h5-8,11-12H,2-4,9-10H2,1H3,(H,18,20). The smallest absolute Gasteiger partial charge is 0.265 e. The summed E-state index contributed by atoms with van der Waals surface area (Å²) in [5.41, 5.74) is 1.18. The molecule has 1 aromatic heterocycles. The lowest BCUT2D eigenvalue weighted by Crippen LogP contribution is -2.36. The summed E-state index contributed by atoms with van der Waals surface area (Å²) in [5.74, 6) is -0.227. The second-order valence-electron chi connectivity index (χ2n) is 5.88. The molecule has 128 valence electrons. The van der Waals surface area contributed by atoms with E-state index < -0.39 is 10.0 Å². The zero-order chi connectivity index (χ0) is 17.2. The van der Waals surface area contributed by atoms with Crippen molar-refractivity contribution in [2.75, 3.05) is 18.4 Å². The molecule has 1 aromatic carbocycles. The average Bonchev–Trinajstić information content (AvgIpc) is 3.12. The maximum Gasteiger partial charge on any atom is 0.265 e. The highest BCUT2D eigenvalue weighted by Crippen LogP contribution is 2.26. The summed E-state index contributed by atoms with van der Waals surface area (Å²) in [6.45, 7) is 2.91. The summed E-state index contributed by atoms with van der Waals surface area (Å²) in [6.07, 6.45) is 2.86. The van der Waals surface area contributed by atoms with E-state index in [9.17, 15) is 13.2 Å². The number of amides is 1. The molecular weight excluding hydrogens is 344 g/mol. The van der Waals surface area contributed by atoms with E-state index in [4.69, 9.17) is 0 Å². The average molecular weight is 364 g/mol. The lowest BCUT2D eigenvalue weighted by molar-refractivity contribution is 0.103. The number of sulfonamides is 1. The molecule has 2 aromatic rings. The van der Waals surface area contributed by atoms with Gasteiger partial charge < -0.3 is 5.32 Å². The van der Waals surface area contributed by atoms with E-state index in [2.05, 4.69) is 5.32 Å². The van der Waals surface area contributed by atoms with Crippen LogP contribution >= 0.6 is 11.3 Å². The molecule has 3 rings (SSSR count). The molecule has 0 aliphatic carbocycles. The van der Waals surface area contributed by atoms with E-state index in [0.717, 1.165) is 19.3 Å². The third-order valence-corrected chi connectivity index (χ3v) is 7.03. The lowest BCUT2D eigenvalue weighted by atomic mass is 10.2. The van der Waals surface area contributed by atoms with Gasteiger partial charge in [0.2, 0.25) is 10.0 Å². The third kappa shape index (κ3) is 3.53. The predicted octanol–water partition coefficient (Wildman–Crippen LogP) is 3.48. The lowest BCUT2D eigenvalue weighted by Gasteiger charge is -2.26. The molecule has 5 nitrogen and oxygen atoms in total. The number of hydrogen-bond donors (Lipinski definition) is 1. The fourth-order valence-electron chi connectivity index (χ4n) is 2.80. The number of nitrogens with zero attached hydrogens (tertiary/aromatic N) is 1. The summed E-state index contributed by atoms with van der Waals surface area (Å²) in [6, 6.07) is 8.57. The molecule has 1 aliphatic rings. The fraction of sp³-hybridized carbons (Fsp3) is 0.353. The molecule has 1 aliphatic heterocycles. The molecule has 1 saturated heterocycles. The number of rotatable bonds is 4. The summed E-state index contributed by atoms with van der Waals surface area (Å²) in [7, 11) is -3.52. The Morgan fingerprint density at radius 3 is 2.58 bits per heavy atom. The van der Waals surface area contributed by atoms with E-state index >= 15 is 0 Å². The SMILES string of the molecule is Cc1ccc(NC(=O)c2cccs2)cc1S(=O)(=O)N1CCCCC1. The molecule has 0 spiro atoms. The number of carbonyl (C=O) groups is 1. The zero-order valence-electron chi connectivity index (χ0n) is 13.5. The third-order valence-electron chi connectivity index (χ3n) is 4.12. The van der Waals surface area contributed by atoms with E-state index in [0.29, 0.717) is 29.2 Å². The van der Waals surface area contributed by atoms with Gasteiger partial charge in [0.15, 0.2) is 0 Å². The Bertz CT molecular complexity index is 824. The highest BCUT2D eigenvalue weighted by molar-refractivity contribution is 7.89. The summed E-state index contributed by atoms with van der Waals surface area (Å²) < 4.78 is 27.3. The molecule has 1 fully saturated rings. The second-order valence-corrected chi connectivity index (χ2v) is 8.73. The van der Waals surface area contributed by atoms with Crippen LogP contribution in [0.25, 0.3) is 0 Å². The Labute approximate surface area is 146 Å². The first-order chi connectivity index (χ1) is 11.5. The molecule has 0 unspecified atom stereocenters. The van der Waals surface area contributed by atoms with Gasteiger partial charge in [0.25, 0.3) is 5.91 Å². The molecule has 1 N–H and O–H groups in total. The van der Waals surface area contributed by atoms with Crippen LogP contribution in [0.2, 0.25) is 0 Å². The van der Waals surface area contributed by atoms with Crippen molar-refractivity contribution in [2.45, 2.75) is 31.1 Å². The first kappa shape index (κ1) is 17.1. The normalized spacial score (nSPS) is 16.0. The second kappa shape index (κ2) is 7.04. The predicted molar refractivity (Wildman–Crippen MR) is 96.1 cm³/mol. The Balaban J connectivity index is 1.87. The first-order valence-electron chi connectivity index (χ1n) is 7.94. The van der Waals surface area contributed by atoms with Crippen LogP contribution in [0.15, 0.2) is 40.6 Å². The van der Waals surface area contributed by atoms with Crippen LogP contribution in [0.1, 0.15) is 34.5 Å². The van der Waals surface area contributed by atoms with Crippen LogP contribution in [0.3, 0.4) is 0 Å². The summed E-state index contributed by atoms with van der Waals surface area (Å²) in [4.78, 5) is 13.0. The van der Waals surface area contributed by atoms with Gasteiger partial charge in [-0.2, -0.15) is 4.31 Å².